The van der Waals surface area contributed by atoms with Crippen molar-refractivity contribution in [2.45, 2.75) is 13.5 Å². The van der Waals surface area contributed by atoms with Gasteiger partial charge in [-0.2, -0.15) is 0 Å². The van der Waals surface area contributed by atoms with Gasteiger partial charge in [-0.15, -0.1) is 10.2 Å². The summed E-state index contributed by atoms with van der Waals surface area (Å²) < 4.78 is 5.39. The van der Waals surface area contributed by atoms with Gasteiger partial charge < -0.3 is 9.73 Å². The van der Waals surface area contributed by atoms with Crippen LogP contribution in [0.1, 0.15) is 11.5 Å². The Labute approximate surface area is 103 Å². The van der Waals surface area contributed by atoms with E-state index in [1.165, 1.54) is 6.07 Å². The highest BCUT2D eigenvalue weighted by atomic mass is 16.6. The van der Waals surface area contributed by atoms with E-state index >= 15 is 0 Å². The molecule has 1 heterocycles. The number of nitro groups is 1. The van der Waals surface area contributed by atoms with Crippen LogP contribution < -0.4 is 5.32 Å². The van der Waals surface area contributed by atoms with Crippen molar-refractivity contribution in [2.24, 2.45) is 0 Å². The third-order valence-electron chi connectivity index (χ3n) is 2.46. The summed E-state index contributed by atoms with van der Waals surface area (Å²) in [7, 11) is 1.75. The van der Waals surface area contributed by atoms with E-state index < -0.39 is 4.92 Å². The first-order chi connectivity index (χ1) is 8.63. The van der Waals surface area contributed by atoms with E-state index in [1.54, 1.807) is 26.1 Å². The highest BCUT2D eigenvalue weighted by molar-refractivity contribution is 5.70. The summed E-state index contributed by atoms with van der Waals surface area (Å²) in [4.78, 5) is 10.5. The van der Waals surface area contributed by atoms with E-state index in [0.29, 0.717) is 18.0 Å². The smallest absolute Gasteiger partial charge is 0.282 e. The van der Waals surface area contributed by atoms with Gasteiger partial charge in [0.25, 0.3) is 11.6 Å². The van der Waals surface area contributed by atoms with Gasteiger partial charge in [0.15, 0.2) is 0 Å². The van der Waals surface area contributed by atoms with Crippen molar-refractivity contribution in [1.29, 1.82) is 0 Å². The van der Waals surface area contributed by atoms with Gasteiger partial charge in [-0.05, 0) is 19.5 Å². The van der Waals surface area contributed by atoms with Gasteiger partial charge in [-0.1, -0.05) is 12.1 Å². The Kier molecular flexibility index (Phi) is 3.33. The normalized spacial score (nSPS) is 10.6. The van der Waals surface area contributed by atoms with Gasteiger partial charge in [0.2, 0.25) is 5.89 Å². The molecule has 0 aliphatic rings. The molecule has 2 aromatic rings. The van der Waals surface area contributed by atoms with Crippen LogP contribution in [0, 0.1) is 17.0 Å². The molecule has 0 saturated heterocycles. The summed E-state index contributed by atoms with van der Waals surface area (Å²) in [5, 5.41) is 21.5. The molecule has 0 aliphatic carbocycles. The van der Waals surface area contributed by atoms with Crippen molar-refractivity contribution in [2.75, 3.05) is 7.05 Å². The molecule has 0 saturated carbocycles. The number of aromatic nitrogens is 2. The van der Waals surface area contributed by atoms with Crippen LogP contribution >= 0.6 is 0 Å². The summed E-state index contributed by atoms with van der Waals surface area (Å²) in [5.41, 5.74) is 1.07. The molecular formula is C11H12N4O3. The average Bonchev–Trinajstić information content (AvgIpc) is 2.77. The Bertz CT molecular complexity index is 579. The zero-order chi connectivity index (χ0) is 13.1. The Morgan fingerprint density at radius 1 is 1.44 bits per heavy atom. The van der Waals surface area contributed by atoms with Gasteiger partial charge in [0.1, 0.15) is 5.56 Å². The van der Waals surface area contributed by atoms with Crippen molar-refractivity contribution >= 4 is 5.69 Å². The average molecular weight is 248 g/mol. The molecule has 0 atom stereocenters. The first-order valence-electron chi connectivity index (χ1n) is 5.35. The summed E-state index contributed by atoms with van der Waals surface area (Å²) in [6, 6.07) is 4.82. The quantitative estimate of drug-likeness (QED) is 0.653. The number of rotatable bonds is 4. The molecule has 18 heavy (non-hydrogen) atoms. The van der Waals surface area contributed by atoms with Gasteiger partial charge in [-0.25, -0.2) is 0 Å². The fourth-order valence-electron chi connectivity index (χ4n) is 1.66. The van der Waals surface area contributed by atoms with E-state index in [-0.39, 0.29) is 11.6 Å². The van der Waals surface area contributed by atoms with Gasteiger partial charge in [0, 0.05) is 6.07 Å². The van der Waals surface area contributed by atoms with Crippen LogP contribution in [0.2, 0.25) is 0 Å². The number of nitro benzene ring substituents is 1. The molecule has 0 spiro atoms. The second-order valence-electron chi connectivity index (χ2n) is 3.76. The third-order valence-corrected chi connectivity index (χ3v) is 2.46. The van der Waals surface area contributed by atoms with Crippen molar-refractivity contribution in [3.8, 4) is 11.5 Å². The van der Waals surface area contributed by atoms with Crippen molar-refractivity contribution in [1.82, 2.24) is 15.5 Å². The lowest BCUT2D eigenvalue weighted by Crippen LogP contribution is -2.04. The fraction of sp³-hybridized carbons (Fsp3) is 0.273. The Morgan fingerprint density at radius 3 is 2.89 bits per heavy atom. The summed E-state index contributed by atoms with van der Waals surface area (Å²) in [6.07, 6.45) is 0. The van der Waals surface area contributed by atoms with E-state index in [9.17, 15) is 10.1 Å². The lowest BCUT2D eigenvalue weighted by Gasteiger charge is -2.01. The van der Waals surface area contributed by atoms with Gasteiger partial charge in [0.05, 0.1) is 11.5 Å². The summed E-state index contributed by atoms with van der Waals surface area (Å²) in [5.74, 6) is 0.565. The minimum Gasteiger partial charge on any atom is -0.419 e. The van der Waals surface area contributed by atoms with Crippen LogP contribution in [-0.2, 0) is 6.54 Å². The minimum absolute atomic E-state index is 0.0327. The number of nitrogens with one attached hydrogen (secondary N) is 1. The first-order valence-corrected chi connectivity index (χ1v) is 5.35. The SMILES string of the molecule is CNCc1nnc(-c2c(C)cccc2[N+](=O)[O-])o1. The van der Waals surface area contributed by atoms with E-state index in [1.807, 2.05) is 0 Å². The van der Waals surface area contributed by atoms with E-state index in [2.05, 4.69) is 15.5 Å². The summed E-state index contributed by atoms with van der Waals surface area (Å²) >= 11 is 0. The van der Waals surface area contributed by atoms with Crippen LogP contribution in [0.4, 0.5) is 5.69 Å². The van der Waals surface area contributed by atoms with Gasteiger partial charge >= 0.3 is 0 Å². The molecule has 0 fully saturated rings. The molecule has 0 amide bonds. The standard InChI is InChI=1S/C11H12N4O3/c1-7-4-3-5-8(15(16)17)10(7)11-14-13-9(18-11)6-12-2/h3-5,12H,6H2,1-2H3. The maximum atomic E-state index is 11.0. The van der Waals surface area contributed by atoms with Crippen LogP contribution in [0.5, 0.6) is 0 Å². The molecule has 1 aromatic heterocycles. The number of aryl methyl sites for hydroxylation is 1. The molecule has 0 aliphatic heterocycles. The lowest BCUT2D eigenvalue weighted by atomic mass is 10.1. The largest absolute Gasteiger partial charge is 0.419 e. The first kappa shape index (κ1) is 12.2. The fourth-order valence-corrected chi connectivity index (χ4v) is 1.66. The second-order valence-corrected chi connectivity index (χ2v) is 3.76. The lowest BCUT2D eigenvalue weighted by molar-refractivity contribution is -0.384. The predicted octanol–water partition coefficient (Wildman–Crippen LogP) is 1.67. The highest BCUT2D eigenvalue weighted by Gasteiger charge is 2.22. The predicted molar refractivity (Wildman–Crippen MR) is 63.9 cm³/mol. The topological polar surface area (TPSA) is 94.1 Å². The summed E-state index contributed by atoms with van der Waals surface area (Å²) in [6.45, 7) is 2.19. The van der Waals surface area contributed by atoms with Gasteiger partial charge in [-0.3, -0.25) is 10.1 Å². The number of hydrogen-bond donors (Lipinski definition) is 1. The molecule has 0 radical (unpaired) electrons. The maximum Gasteiger partial charge on any atom is 0.282 e. The van der Waals surface area contributed by atoms with Crippen LogP contribution in [0.3, 0.4) is 0 Å². The van der Waals surface area contributed by atoms with Crippen LogP contribution in [0.15, 0.2) is 22.6 Å². The number of nitrogens with zero attached hydrogens (tertiary/aromatic N) is 3. The Morgan fingerprint density at radius 2 is 2.22 bits per heavy atom. The highest BCUT2D eigenvalue weighted by Crippen LogP contribution is 2.31. The zero-order valence-corrected chi connectivity index (χ0v) is 10.0. The Hall–Kier alpha value is -2.28. The monoisotopic (exact) mass is 248 g/mol. The Balaban J connectivity index is 2.51. The molecule has 0 unspecified atom stereocenters. The number of benzene rings is 1. The van der Waals surface area contributed by atoms with E-state index in [0.717, 1.165) is 5.56 Å². The second kappa shape index (κ2) is 4.92. The van der Waals surface area contributed by atoms with E-state index in [4.69, 9.17) is 4.42 Å². The molecule has 1 aromatic carbocycles. The molecule has 1 N–H and O–H groups in total. The molecule has 0 bridgehead atoms. The number of hydrogen-bond acceptors (Lipinski definition) is 6. The zero-order valence-electron chi connectivity index (χ0n) is 10.0. The third kappa shape index (κ3) is 2.21. The molecule has 2 rings (SSSR count). The van der Waals surface area contributed by atoms with Crippen LogP contribution in [0.25, 0.3) is 11.5 Å². The molecule has 94 valence electrons. The van der Waals surface area contributed by atoms with Crippen LogP contribution in [-0.4, -0.2) is 22.2 Å². The maximum absolute atomic E-state index is 11.0. The van der Waals surface area contributed by atoms with Crippen molar-refractivity contribution in [3.63, 3.8) is 0 Å². The minimum atomic E-state index is -0.454. The molecule has 7 nitrogen and oxygen atoms in total. The molecule has 7 heteroatoms. The van der Waals surface area contributed by atoms with Crippen molar-refractivity contribution in [3.05, 3.63) is 39.8 Å². The molecular weight excluding hydrogens is 236 g/mol. The van der Waals surface area contributed by atoms with Crippen molar-refractivity contribution < 1.29 is 9.34 Å².